The lowest BCUT2D eigenvalue weighted by molar-refractivity contribution is -0.129. The second kappa shape index (κ2) is 13.7. The topological polar surface area (TPSA) is 104 Å². The molecule has 0 spiro atoms. The monoisotopic (exact) mass is 726 g/mol. The van der Waals surface area contributed by atoms with Crippen LogP contribution in [0.15, 0.2) is 59.0 Å². The molecule has 0 aliphatic heterocycles. The molecule has 0 aliphatic carbocycles. The smallest absolute Gasteiger partial charge is 0.262 e. The molecular formula is C26H24I2N4O3S. The summed E-state index contributed by atoms with van der Waals surface area (Å²) >= 11 is 5.91. The maximum Gasteiger partial charge on any atom is 0.262 e. The van der Waals surface area contributed by atoms with Gasteiger partial charge in [-0.25, -0.2) is 5.43 Å². The zero-order valence-electron chi connectivity index (χ0n) is 19.6. The molecule has 2 aromatic carbocycles. The van der Waals surface area contributed by atoms with Crippen molar-refractivity contribution in [3.8, 4) is 11.8 Å². The van der Waals surface area contributed by atoms with E-state index < -0.39 is 6.04 Å². The third kappa shape index (κ3) is 8.28. The normalized spacial score (nSPS) is 11.8. The van der Waals surface area contributed by atoms with Gasteiger partial charge in [-0.3, -0.25) is 9.59 Å². The summed E-state index contributed by atoms with van der Waals surface area (Å²) in [6, 6.07) is 16.3. The van der Waals surface area contributed by atoms with Gasteiger partial charge in [0.05, 0.1) is 31.4 Å². The highest BCUT2D eigenvalue weighted by Crippen LogP contribution is 2.29. The zero-order valence-corrected chi connectivity index (χ0v) is 24.8. The van der Waals surface area contributed by atoms with Crippen molar-refractivity contribution in [1.82, 2.24) is 10.7 Å². The summed E-state index contributed by atoms with van der Waals surface area (Å²) in [4.78, 5) is 26.0. The number of ether oxygens (including phenoxy) is 1. The van der Waals surface area contributed by atoms with Gasteiger partial charge in [0.25, 0.3) is 5.91 Å². The Balaban J connectivity index is 1.58. The maximum absolute atomic E-state index is 12.7. The molecule has 3 rings (SSSR count). The minimum absolute atomic E-state index is 0.0954. The van der Waals surface area contributed by atoms with E-state index in [4.69, 9.17) is 10.00 Å². The van der Waals surface area contributed by atoms with Crippen molar-refractivity contribution in [3.05, 3.63) is 82.6 Å². The summed E-state index contributed by atoms with van der Waals surface area (Å²) < 4.78 is 7.81. The highest BCUT2D eigenvalue weighted by Gasteiger charge is 2.24. The average molecular weight is 726 g/mol. The Kier molecular flexibility index (Phi) is 10.7. The predicted molar refractivity (Wildman–Crippen MR) is 158 cm³/mol. The molecule has 10 heteroatoms. The largest absolute Gasteiger partial charge is 0.487 e. The zero-order chi connectivity index (χ0) is 26.1. The van der Waals surface area contributed by atoms with Gasteiger partial charge in [-0.2, -0.15) is 10.4 Å². The van der Waals surface area contributed by atoms with E-state index >= 15 is 0 Å². The highest BCUT2D eigenvalue weighted by atomic mass is 127. The minimum atomic E-state index is -0.687. The molecule has 2 amide bonds. The van der Waals surface area contributed by atoms with Crippen molar-refractivity contribution >= 4 is 74.5 Å². The van der Waals surface area contributed by atoms with Crippen molar-refractivity contribution in [1.29, 1.82) is 5.26 Å². The van der Waals surface area contributed by atoms with Crippen molar-refractivity contribution in [3.63, 3.8) is 0 Å². The van der Waals surface area contributed by atoms with Crippen molar-refractivity contribution in [2.24, 2.45) is 11.0 Å². The number of halogens is 2. The van der Waals surface area contributed by atoms with Crippen LogP contribution in [0.2, 0.25) is 0 Å². The van der Waals surface area contributed by atoms with E-state index in [0.717, 1.165) is 28.9 Å². The van der Waals surface area contributed by atoms with Gasteiger partial charge in [0, 0.05) is 4.88 Å². The van der Waals surface area contributed by atoms with Crippen molar-refractivity contribution in [2.75, 3.05) is 0 Å². The number of rotatable bonds is 10. The molecule has 186 valence electrons. The molecule has 1 heterocycles. The SMILES string of the molecule is CC(C)C(NC(=O)Cc1cccs1)C(=O)N/N=C\c1cc(I)c(OCc2ccc(C#N)cc2)c(I)c1. The Bertz CT molecular complexity index is 1250. The predicted octanol–water partition coefficient (Wildman–Crippen LogP) is 5.24. The molecule has 0 saturated heterocycles. The van der Waals surface area contributed by atoms with Gasteiger partial charge in [-0.05, 0) is 97.9 Å². The Labute approximate surface area is 241 Å². The summed E-state index contributed by atoms with van der Waals surface area (Å²) in [5.41, 5.74) is 4.93. The van der Waals surface area contributed by atoms with Crippen LogP contribution in [-0.2, 0) is 22.6 Å². The molecule has 3 aromatic rings. The number of thiophene rings is 1. The molecule has 0 aliphatic rings. The van der Waals surface area contributed by atoms with E-state index in [1.807, 2.05) is 55.6 Å². The minimum Gasteiger partial charge on any atom is -0.487 e. The number of nitrogens with zero attached hydrogens (tertiary/aromatic N) is 2. The summed E-state index contributed by atoms with van der Waals surface area (Å²) in [6.07, 6.45) is 1.81. The first-order chi connectivity index (χ1) is 17.3. The number of carbonyl (C=O) groups excluding carboxylic acids is 2. The number of nitriles is 1. The van der Waals surface area contributed by atoms with Crippen molar-refractivity contribution < 1.29 is 14.3 Å². The van der Waals surface area contributed by atoms with Crippen molar-refractivity contribution in [2.45, 2.75) is 32.9 Å². The van der Waals surface area contributed by atoms with Crippen LogP contribution in [-0.4, -0.2) is 24.1 Å². The van der Waals surface area contributed by atoms with Crippen LogP contribution in [0.25, 0.3) is 0 Å². The quantitative estimate of drug-likeness (QED) is 0.170. The summed E-state index contributed by atoms with van der Waals surface area (Å²) in [7, 11) is 0. The van der Waals surface area contributed by atoms with Gasteiger partial charge in [0.1, 0.15) is 18.4 Å². The van der Waals surface area contributed by atoms with Crippen LogP contribution < -0.4 is 15.5 Å². The maximum atomic E-state index is 12.7. The number of nitrogens with one attached hydrogen (secondary N) is 2. The third-order valence-corrected chi connectivity index (χ3v) is 7.53. The van der Waals surface area contributed by atoms with Crippen LogP contribution in [0.4, 0.5) is 0 Å². The fourth-order valence-electron chi connectivity index (χ4n) is 3.19. The Hall–Kier alpha value is -2.50. The number of hydrogen-bond donors (Lipinski definition) is 2. The number of benzene rings is 2. The number of hydrazone groups is 1. The van der Waals surface area contributed by atoms with Crippen LogP contribution >= 0.6 is 56.5 Å². The molecule has 0 fully saturated rings. The molecular weight excluding hydrogens is 702 g/mol. The highest BCUT2D eigenvalue weighted by molar-refractivity contribution is 14.1. The molecule has 1 unspecified atom stereocenters. The first-order valence-corrected chi connectivity index (χ1v) is 14.1. The number of carbonyl (C=O) groups is 2. The van der Waals surface area contributed by atoms with E-state index in [1.165, 1.54) is 11.3 Å². The molecule has 1 aromatic heterocycles. The van der Waals surface area contributed by atoms with E-state index in [9.17, 15) is 9.59 Å². The summed E-state index contributed by atoms with van der Waals surface area (Å²) in [6.45, 7) is 4.14. The van der Waals surface area contributed by atoms with Gasteiger partial charge >= 0.3 is 0 Å². The lowest BCUT2D eigenvalue weighted by Gasteiger charge is -2.20. The second-order valence-corrected chi connectivity index (χ2v) is 11.5. The Morgan fingerprint density at radius 2 is 1.86 bits per heavy atom. The summed E-state index contributed by atoms with van der Waals surface area (Å²) in [5, 5.41) is 17.8. The van der Waals surface area contributed by atoms with Gasteiger partial charge in [0.15, 0.2) is 0 Å². The first-order valence-electron chi connectivity index (χ1n) is 11.0. The van der Waals surface area contributed by atoms with E-state index in [1.54, 1.807) is 18.3 Å². The van der Waals surface area contributed by atoms with E-state index in [-0.39, 0.29) is 24.2 Å². The van der Waals surface area contributed by atoms with Crippen LogP contribution in [0.1, 0.15) is 35.4 Å². The van der Waals surface area contributed by atoms with Gasteiger partial charge in [0.2, 0.25) is 5.91 Å². The van der Waals surface area contributed by atoms with Crippen LogP contribution in [0.5, 0.6) is 5.75 Å². The fraction of sp³-hybridized carbons (Fsp3) is 0.231. The van der Waals surface area contributed by atoms with Crippen LogP contribution in [0.3, 0.4) is 0 Å². The molecule has 7 nitrogen and oxygen atoms in total. The Morgan fingerprint density at radius 3 is 2.44 bits per heavy atom. The number of hydrogen-bond acceptors (Lipinski definition) is 6. The lowest BCUT2D eigenvalue weighted by atomic mass is 10.0. The van der Waals surface area contributed by atoms with Gasteiger partial charge in [-0.15, -0.1) is 11.3 Å². The van der Waals surface area contributed by atoms with Gasteiger partial charge in [-0.1, -0.05) is 32.0 Å². The van der Waals surface area contributed by atoms with Crippen LogP contribution in [0, 0.1) is 24.4 Å². The third-order valence-electron chi connectivity index (χ3n) is 5.06. The second-order valence-electron chi connectivity index (χ2n) is 8.19. The molecule has 2 N–H and O–H groups in total. The lowest BCUT2D eigenvalue weighted by Crippen LogP contribution is -2.49. The molecule has 0 radical (unpaired) electrons. The summed E-state index contributed by atoms with van der Waals surface area (Å²) in [5.74, 6) is 0.0977. The van der Waals surface area contributed by atoms with E-state index in [0.29, 0.717) is 12.2 Å². The average Bonchev–Trinajstić information content (AvgIpc) is 3.35. The first kappa shape index (κ1) is 28.1. The van der Waals surface area contributed by atoms with E-state index in [2.05, 4.69) is 67.1 Å². The molecule has 0 saturated carbocycles. The Morgan fingerprint density at radius 1 is 1.17 bits per heavy atom. The van der Waals surface area contributed by atoms with Gasteiger partial charge < -0.3 is 10.1 Å². The molecule has 1 atom stereocenters. The standard InChI is InChI=1S/C26H24I2N4O3S/c1-16(2)24(31-23(33)12-20-4-3-9-36-20)26(34)32-30-14-19-10-21(27)25(22(28)11-19)35-15-18-7-5-17(13-29)6-8-18/h3-11,14,16,24H,12,15H2,1-2H3,(H,31,33)(H,32,34)/b30-14-. The number of amides is 2. The fourth-order valence-corrected chi connectivity index (χ4v) is 6.02. The molecule has 36 heavy (non-hydrogen) atoms. The molecule has 0 bridgehead atoms.